The smallest absolute Gasteiger partial charge is 0.0869 e. The molecule has 0 aliphatic heterocycles. The van der Waals surface area contributed by atoms with Crippen LogP contribution in [0.4, 0.5) is 0 Å². The van der Waals surface area contributed by atoms with Crippen LogP contribution in [0.15, 0.2) is 6.20 Å². The quantitative estimate of drug-likeness (QED) is 0.916. The molecule has 0 spiro atoms. The molecule has 0 bridgehead atoms. The average Bonchev–Trinajstić information content (AvgIpc) is 2.83. The van der Waals surface area contributed by atoms with E-state index in [1.165, 1.54) is 0 Å². The van der Waals surface area contributed by atoms with Gasteiger partial charge in [0.2, 0.25) is 0 Å². The molecule has 6 heteroatoms. The third-order valence-electron chi connectivity index (χ3n) is 3.08. The van der Waals surface area contributed by atoms with Gasteiger partial charge in [-0.2, -0.15) is 10.2 Å². The van der Waals surface area contributed by atoms with Gasteiger partial charge in [0.1, 0.15) is 0 Å². The normalized spacial score (nSPS) is 11.2. The second kappa shape index (κ2) is 5.12. The van der Waals surface area contributed by atoms with Crippen molar-refractivity contribution in [3.05, 3.63) is 33.9 Å². The summed E-state index contributed by atoms with van der Waals surface area (Å²) in [5, 5.41) is 9.56. The zero-order valence-electron chi connectivity index (χ0n) is 10.9. The molecule has 2 N–H and O–H groups in total. The first-order chi connectivity index (χ1) is 8.56. The minimum absolute atomic E-state index is 0.505. The number of nitrogens with zero attached hydrogens (tertiary/aromatic N) is 4. The van der Waals surface area contributed by atoms with E-state index in [0.717, 1.165) is 34.1 Å². The molecule has 2 aromatic heterocycles. The zero-order valence-corrected chi connectivity index (χ0v) is 11.7. The Morgan fingerprint density at radius 1 is 1.39 bits per heavy atom. The predicted molar refractivity (Wildman–Crippen MR) is 71.6 cm³/mol. The van der Waals surface area contributed by atoms with Crippen molar-refractivity contribution in [1.82, 2.24) is 19.6 Å². The van der Waals surface area contributed by atoms with E-state index in [-0.39, 0.29) is 0 Å². The fraction of sp³-hybridized carbons (Fsp3) is 0.500. The molecule has 18 heavy (non-hydrogen) atoms. The van der Waals surface area contributed by atoms with Crippen molar-refractivity contribution in [3.63, 3.8) is 0 Å². The first-order valence-corrected chi connectivity index (χ1v) is 6.37. The summed E-state index contributed by atoms with van der Waals surface area (Å²) < 4.78 is 3.68. The van der Waals surface area contributed by atoms with Crippen LogP contribution in [0, 0.1) is 6.92 Å². The molecule has 0 saturated carbocycles. The largest absolute Gasteiger partial charge is 0.326 e. The molecule has 0 aromatic carbocycles. The molecule has 0 aliphatic carbocycles. The summed E-state index contributed by atoms with van der Waals surface area (Å²) in [5.41, 5.74) is 9.57. The van der Waals surface area contributed by atoms with Gasteiger partial charge in [-0.3, -0.25) is 9.36 Å². The van der Waals surface area contributed by atoms with E-state index in [2.05, 4.69) is 10.2 Å². The van der Waals surface area contributed by atoms with Crippen LogP contribution in [0.5, 0.6) is 0 Å². The van der Waals surface area contributed by atoms with E-state index < -0.39 is 0 Å². The molecular formula is C12H18ClN5. The highest BCUT2D eigenvalue weighted by Gasteiger charge is 2.14. The summed E-state index contributed by atoms with van der Waals surface area (Å²) in [6.07, 6.45) is 2.79. The van der Waals surface area contributed by atoms with Gasteiger partial charge in [0.15, 0.2) is 0 Å². The molecule has 0 saturated heterocycles. The number of hydrogen-bond acceptors (Lipinski definition) is 3. The first-order valence-electron chi connectivity index (χ1n) is 6.00. The Hall–Kier alpha value is -1.33. The molecule has 0 radical (unpaired) electrons. The van der Waals surface area contributed by atoms with E-state index in [1.54, 1.807) is 0 Å². The summed E-state index contributed by atoms with van der Waals surface area (Å²) in [5.74, 6) is 0. The summed E-state index contributed by atoms with van der Waals surface area (Å²) in [4.78, 5) is 0. The Morgan fingerprint density at radius 3 is 2.61 bits per heavy atom. The average molecular weight is 268 g/mol. The van der Waals surface area contributed by atoms with Gasteiger partial charge in [-0.1, -0.05) is 18.5 Å². The lowest BCUT2D eigenvalue weighted by Gasteiger charge is -2.03. The van der Waals surface area contributed by atoms with Gasteiger partial charge in [0.05, 0.1) is 28.6 Å². The van der Waals surface area contributed by atoms with Crippen LogP contribution >= 0.6 is 11.6 Å². The predicted octanol–water partition coefficient (Wildman–Crippen LogP) is 1.65. The molecule has 2 heterocycles. The Morgan fingerprint density at radius 2 is 2.11 bits per heavy atom. The monoisotopic (exact) mass is 267 g/mol. The molecule has 0 amide bonds. The molecule has 5 nitrogen and oxygen atoms in total. The van der Waals surface area contributed by atoms with Crippen molar-refractivity contribution in [2.75, 3.05) is 0 Å². The van der Waals surface area contributed by atoms with E-state index in [1.807, 2.05) is 36.5 Å². The molecule has 0 fully saturated rings. The highest BCUT2D eigenvalue weighted by atomic mass is 35.5. The highest BCUT2D eigenvalue weighted by Crippen LogP contribution is 2.21. The lowest BCUT2D eigenvalue weighted by Crippen LogP contribution is -2.06. The second-order valence-electron chi connectivity index (χ2n) is 4.33. The van der Waals surface area contributed by atoms with Crippen molar-refractivity contribution in [2.24, 2.45) is 12.8 Å². The number of aryl methyl sites for hydroxylation is 3. The summed E-state index contributed by atoms with van der Waals surface area (Å²) in [6, 6.07) is 0. The molecule has 0 unspecified atom stereocenters. The summed E-state index contributed by atoms with van der Waals surface area (Å²) >= 11 is 6.31. The summed E-state index contributed by atoms with van der Waals surface area (Å²) in [7, 11) is 1.90. The van der Waals surface area contributed by atoms with Crippen LogP contribution in [0.2, 0.25) is 5.02 Å². The molecule has 98 valence electrons. The van der Waals surface area contributed by atoms with Gasteiger partial charge in [0, 0.05) is 25.4 Å². The lowest BCUT2D eigenvalue weighted by molar-refractivity contribution is 0.614. The van der Waals surface area contributed by atoms with E-state index in [0.29, 0.717) is 13.1 Å². The zero-order chi connectivity index (χ0) is 13.3. The summed E-state index contributed by atoms with van der Waals surface area (Å²) in [6.45, 7) is 5.12. The van der Waals surface area contributed by atoms with Gasteiger partial charge < -0.3 is 5.73 Å². The Labute approximate surface area is 112 Å². The van der Waals surface area contributed by atoms with Crippen LogP contribution in [0.25, 0.3) is 0 Å². The number of aromatic nitrogens is 4. The minimum Gasteiger partial charge on any atom is -0.326 e. The van der Waals surface area contributed by atoms with Gasteiger partial charge >= 0.3 is 0 Å². The van der Waals surface area contributed by atoms with Crippen LogP contribution < -0.4 is 5.73 Å². The van der Waals surface area contributed by atoms with Gasteiger partial charge in [-0.15, -0.1) is 0 Å². The van der Waals surface area contributed by atoms with Crippen LogP contribution in [0.1, 0.15) is 29.6 Å². The third kappa shape index (κ3) is 2.28. The molecule has 0 atom stereocenters. The Balaban J connectivity index is 2.30. The highest BCUT2D eigenvalue weighted by molar-refractivity contribution is 6.31. The molecule has 2 rings (SSSR count). The van der Waals surface area contributed by atoms with Crippen molar-refractivity contribution in [1.29, 1.82) is 0 Å². The maximum atomic E-state index is 6.31. The van der Waals surface area contributed by atoms with Crippen molar-refractivity contribution in [3.8, 4) is 0 Å². The van der Waals surface area contributed by atoms with E-state index in [4.69, 9.17) is 17.3 Å². The molecule has 0 aliphatic rings. The molecular weight excluding hydrogens is 250 g/mol. The van der Waals surface area contributed by atoms with Gasteiger partial charge in [-0.25, -0.2) is 0 Å². The fourth-order valence-electron chi connectivity index (χ4n) is 1.99. The van der Waals surface area contributed by atoms with Crippen LogP contribution in [-0.2, 0) is 26.6 Å². The minimum atomic E-state index is 0.505. The maximum absolute atomic E-state index is 6.31. The SMILES string of the molecule is CCc1nn(C)c(Cn2cc(CN)c(C)n2)c1Cl. The Kier molecular flexibility index (Phi) is 3.73. The number of hydrogen-bond donors (Lipinski definition) is 1. The van der Waals surface area contributed by atoms with Crippen LogP contribution in [-0.4, -0.2) is 19.6 Å². The number of halogens is 1. The fourth-order valence-corrected chi connectivity index (χ4v) is 2.34. The third-order valence-corrected chi connectivity index (χ3v) is 3.52. The van der Waals surface area contributed by atoms with Gasteiger partial charge in [-0.05, 0) is 13.3 Å². The van der Waals surface area contributed by atoms with E-state index in [9.17, 15) is 0 Å². The van der Waals surface area contributed by atoms with Crippen molar-refractivity contribution >= 4 is 11.6 Å². The lowest BCUT2D eigenvalue weighted by atomic mass is 10.3. The number of rotatable bonds is 4. The molecule has 2 aromatic rings. The number of nitrogens with two attached hydrogens (primary N) is 1. The standard InChI is InChI=1S/C12H18ClN5/c1-4-10-12(13)11(17(3)16-10)7-18-6-9(5-14)8(2)15-18/h6H,4-5,7,14H2,1-3H3. The van der Waals surface area contributed by atoms with Crippen LogP contribution in [0.3, 0.4) is 0 Å². The topological polar surface area (TPSA) is 61.7 Å². The maximum Gasteiger partial charge on any atom is 0.0869 e. The second-order valence-corrected chi connectivity index (χ2v) is 4.70. The first kappa shape index (κ1) is 13.1. The Bertz CT molecular complexity index is 555. The van der Waals surface area contributed by atoms with E-state index >= 15 is 0 Å². The van der Waals surface area contributed by atoms with Crippen molar-refractivity contribution in [2.45, 2.75) is 33.4 Å². The van der Waals surface area contributed by atoms with Crippen molar-refractivity contribution < 1.29 is 0 Å². The van der Waals surface area contributed by atoms with Gasteiger partial charge in [0.25, 0.3) is 0 Å².